The molecule has 2 rings (SSSR count). The van der Waals surface area contributed by atoms with Gasteiger partial charge in [0.2, 0.25) is 5.91 Å². The Hall–Kier alpha value is -2.64. The monoisotopic (exact) mass is 339 g/mol. The Morgan fingerprint density at radius 2 is 2.08 bits per heavy atom. The van der Waals surface area contributed by atoms with Gasteiger partial charge < -0.3 is 10.1 Å². The highest BCUT2D eigenvalue weighted by molar-refractivity contribution is 5.92. The van der Waals surface area contributed by atoms with Gasteiger partial charge in [0.1, 0.15) is 12.1 Å². The Morgan fingerprint density at radius 1 is 1.33 bits per heavy atom. The van der Waals surface area contributed by atoms with Crippen LogP contribution in [0, 0.1) is 0 Å². The number of carbonyl (C=O) groups excluding carboxylic acids is 1. The van der Waals surface area contributed by atoms with Crippen molar-refractivity contribution in [3.05, 3.63) is 48.0 Å². The maximum Gasteiger partial charge on any atom is 0.573 e. The number of amides is 1. The van der Waals surface area contributed by atoms with Crippen LogP contribution in [0.1, 0.15) is 31.0 Å². The van der Waals surface area contributed by atoms with Gasteiger partial charge in [-0.25, -0.2) is 9.97 Å². The molecule has 0 saturated carbocycles. The van der Waals surface area contributed by atoms with Crippen molar-refractivity contribution in [2.24, 2.45) is 0 Å². The third kappa shape index (κ3) is 5.22. The SMILES string of the molecule is CC(C)c1ncncc1NC(=O)Cc1cccc(OC(F)(F)F)c1. The predicted octanol–water partition coefficient (Wildman–Crippen LogP) is 3.68. The van der Waals surface area contributed by atoms with E-state index < -0.39 is 6.36 Å². The van der Waals surface area contributed by atoms with Gasteiger partial charge in [0, 0.05) is 0 Å². The number of carbonyl (C=O) groups is 1. The molecule has 0 aliphatic rings. The molecule has 0 radical (unpaired) electrons. The molecule has 1 amide bonds. The molecule has 24 heavy (non-hydrogen) atoms. The number of aromatic nitrogens is 2. The normalized spacial score (nSPS) is 11.4. The van der Waals surface area contributed by atoms with Crippen molar-refractivity contribution in [3.8, 4) is 5.75 Å². The second-order valence-corrected chi connectivity index (χ2v) is 5.40. The minimum Gasteiger partial charge on any atom is -0.406 e. The molecule has 1 aromatic heterocycles. The Morgan fingerprint density at radius 3 is 2.75 bits per heavy atom. The van der Waals surface area contributed by atoms with Crippen LogP contribution in [0.5, 0.6) is 5.75 Å². The van der Waals surface area contributed by atoms with Crippen molar-refractivity contribution >= 4 is 11.6 Å². The summed E-state index contributed by atoms with van der Waals surface area (Å²) in [6.07, 6.45) is -1.98. The van der Waals surface area contributed by atoms with Gasteiger partial charge in [-0.15, -0.1) is 13.2 Å². The number of halogens is 3. The van der Waals surface area contributed by atoms with Gasteiger partial charge >= 0.3 is 6.36 Å². The van der Waals surface area contributed by atoms with Crippen molar-refractivity contribution in [3.63, 3.8) is 0 Å². The van der Waals surface area contributed by atoms with Gasteiger partial charge in [0.05, 0.1) is 24.0 Å². The zero-order valence-electron chi connectivity index (χ0n) is 13.1. The fourth-order valence-electron chi connectivity index (χ4n) is 2.13. The van der Waals surface area contributed by atoms with E-state index >= 15 is 0 Å². The van der Waals surface area contributed by atoms with Gasteiger partial charge in [-0.05, 0) is 23.6 Å². The molecule has 8 heteroatoms. The third-order valence-electron chi connectivity index (χ3n) is 3.06. The molecule has 0 unspecified atom stereocenters. The molecule has 0 bridgehead atoms. The lowest BCUT2D eigenvalue weighted by atomic mass is 10.1. The van der Waals surface area contributed by atoms with Crippen molar-refractivity contribution in [1.82, 2.24) is 9.97 Å². The van der Waals surface area contributed by atoms with E-state index in [1.165, 1.54) is 30.7 Å². The molecule has 0 spiro atoms. The number of hydrogen-bond acceptors (Lipinski definition) is 4. The van der Waals surface area contributed by atoms with E-state index in [4.69, 9.17) is 0 Å². The van der Waals surface area contributed by atoms with E-state index in [1.54, 1.807) is 6.07 Å². The number of nitrogens with zero attached hydrogens (tertiary/aromatic N) is 2. The quantitative estimate of drug-likeness (QED) is 0.902. The Balaban J connectivity index is 2.07. The van der Waals surface area contributed by atoms with Crippen LogP contribution in [0.4, 0.5) is 18.9 Å². The van der Waals surface area contributed by atoms with E-state index in [1.807, 2.05) is 13.8 Å². The number of anilines is 1. The van der Waals surface area contributed by atoms with Crippen LogP contribution in [-0.4, -0.2) is 22.2 Å². The zero-order chi connectivity index (χ0) is 17.7. The molecule has 5 nitrogen and oxygen atoms in total. The van der Waals surface area contributed by atoms with Gasteiger partial charge in [0.25, 0.3) is 0 Å². The minimum absolute atomic E-state index is 0.0896. The van der Waals surface area contributed by atoms with Gasteiger partial charge in [-0.1, -0.05) is 26.0 Å². The summed E-state index contributed by atoms with van der Waals surface area (Å²) in [5, 5.41) is 2.68. The second-order valence-electron chi connectivity index (χ2n) is 5.40. The number of ether oxygens (including phenoxy) is 1. The Kier molecular flexibility index (Phi) is 5.38. The summed E-state index contributed by atoms with van der Waals surface area (Å²) in [5.41, 5.74) is 1.57. The molecule has 1 N–H and O–H groups in total. The smallest absolute Gasteiger partial charge is 0.406 e. The molecule has 0 aliphatic heterocycles. The Bertz CT molecular complexity index is 718. The van der Waals surface area contributed by atoms with Crippen LogP contribution >= 0.6 is 0 Å². The summed E-state index contributed by atoms with van der Waals surface area (Å²) in [7, 11) is 0. The first-order valence-electron chi connectivity index (χ1n) is 7.19. The van der Waals surface area contributed by atoms with E-state index in [9.17, 15) is 18.0 Å². The number of benzene rings is 1. The summed E-state index contributed by atoms with van der Waals surface area (Å²) in [6, 6.07) is 5.30. The topological polar surface area (TPSA) is 64.1 Å². The molecular formula is C16H16F3N3O2. The Labute approximate surface area is 136 Å². The average Bonchev–Trinajstić information content (AvgIpc) is 2.46. The highest BCUT2D eigenvalue weighted by Gasteiger charge is 2.31. The van der Waals surface area contributed by atoms with Gasteiger partial charge in [-0.3, -0.25) is 4.79 Å². The zero-order valence-corrected chi connectivity index (χ0v) is 13.1. The number of hydrogen-bond donors (Lipinski definition) is 1. The average molecular weight is 339 g/mol. The fraction of sp³-hybridized carbons (Fsp3) is 0.312. The molecule has 1 aromatic carbocycles. The lowest BCUT2D eigenvalue weighted by molar-refractivity contribution is -0.274. The molecule has 0 saturated heterocycles. The van der Waals surface area contributed by atoms with Crippen molar-refractivity contribution in [2.75, 3.05) is 5.32 Å². The molecule has 128 valence electrons. The van der Waals surface area contributed by atoms with Crippen molar-refractivity contribution in [2.45, 2.75) is 32.5 Å². The first-order chi connectivity index (χ1) is 11.2. The number of rotatable bonds is 5. The molecular weight excluding hydrogens is 323 g/mol. The highest BCUT2D eigenvalue weighted by atomic mass is 19.4. The molecule has 0 aliphatic carbocycles. The summed E-state index contributed by atoms with van der Waals surface area (Å²) in [6.45, 7) is 3.85. The predicted molar refractivity (Wildman–Crippen MR) is 81.6 cm³/mol. The lowest BCUT2D eigenvalue weighted by Crippen LogP contribution is -2.18. The van der Waals surface area contributed by atoms with Crippen LogP contribution in [0.15, 0.2) is 36.8 Å². The molecule has 0 fully saturated rings. The minimum atomic E-state index is -4.77. The van der Waals surface area contributed by atoms with Crippen LogP contribution in [0.25, 0.3) is 0 Å². The van der Waals surface area contributed by atoms with E-state index in [0.717, 1.165) is 0 Å². The third-order valence-corrected chi connectivity index (χ3v) is 3.06. The van der Waals surface area contributed by atoms with E-state index in [0.29, 0.717) is 16.9 Å². The fourth-order valence-corrected chi connectivity index (χ4v) is 2.13. The van der Waals surface area contributed by atoms with E-state index in [2.05, 4.69) is 20.0 Å². The van der Waals surface area contributed by atoms with Crippen LogP contribution in [0.2, 0.25) is 0 Å². The van der Waals surface area contributed by atoms with E-state index in [-0.39, 0.29) is 24.0 Å². The van der Waals surface area contributed by atoms with Crippen LogP contribution < -0.4 is 10.1 Å². The van der Waals surface area contributed by atoms with Crippen molar-refractivity contribution < 1.29 is 22.7 Å². The molecule has 1 heterocycles. The highest BCUT2D eigenvalue weighted by Crippen LogP contribution is 2.24. The van der Waals surface area contributed by atoms with Gasteiger partial charge in [-0.2, -0.15) is 0 Å². The molecule has 0 atom stereocenters. The molecule has 2 aromatic rings. The van der Waals surface area contributed by atoms with Crippen LogP contribution in [0.3, 0.4) is 0 Å². The first kappa shape index (κ1) is 17.7. The maximum absolute atomic E-state index is 12.2. The summed E-state index contributed by atoms with van der Waals surface area (Å²) in [5.74, 6) is -0.651. The van der Waals surface area contributed by atoms with Crippen molar-refractivity contribution in [1.29, 1.82) is 0 Å². The summed E-state index contributed by atoms with van der Waals surface area (Å²) < 4.78 is 40.5. The number of alkyl halides is 3. The maximum atomic E-state index is 12.2. The standard InChI is InChI=1S/C16H16F3N3O2/c1-10(2)15-13(8-20-9-21-15)22-14(23)7-11-4-3-5-12(6-11)24-16(17,18)19/h3-6,8-10H,7H2,1-2H3,(H,22,23). The van der Waals surface area contributed by atoms with Gasteiger partial charge in [0.15, 0.2) is 0 Å². The largest absolute Gasteiger partial charge is 0.573 e. The summed E-state index contributed by atoms with van der Waals surface area (Å²) in [4.78, 5) is 20.1. The first-order valence-corrected chi connectivity index (χ1v) is 7.19. The van der Waals surface area contributed by atoms with Crippen LogP contribution in [-0.2, 0) is 11.2 Å². The number of nitrogens with one attached hydrogen (secondary N) is 1. The summed E-state index contributed by atoms with van der Waals surface area (Å²) >= 11 is 0. The second kappa shape index (κ2) is 7.29. The lowest BCUT2D eigenvalue weighted by Gasteiger charge is -2.12.